The Labute approximate surface area is 195 Å². The maximum Gasteiger partial charge on any atom is 0.295 e. The van der Waals surface area contributed by atoms with Crippen LogP contribution in [0.3, 0.4) is 0 Å². The van der Waals surface area contributed by atoms with Crippen LogP contribution in [0.15, 0.2) is 54.1 Å². The van der Waals surface area contributed by atoms with Crippen LogP contribution in [0.2, 0.25) is 0 Å². The Morgan fingerprint density at radius 1 is 1.06 bits per heavy atom. The van der Waals surface area contributed by atoms with Crippen LogP contribution in [0, 0.1) is 0 Å². The third-order valence-electron chi connectivity index (χ3n) is 6.16. The number of anilines is 1. The zero-order valence-electron chi connectivity index (χ0n) is 20.0. The summed E-state index contributed by atoms with van der Waals surface area (Å²) in [5.41, 5.74) is 2.33. The van der Waals surface area contributed by atoms with Gasteiger partial charge in [-0.15, -0.1) is 0 Å². The van der Waals surface area contributed by atoms with Gasteiger partial charge < -0.3 is 24.5 Å². The fourth-order valence-corrected chi connectivity index (χ4v) is 4.13. The summed E-state index contributed by atoms with van der Waals surface area (Å²) in [6.07, 6.45) is 0. The molecule has 7 nitrogen and oxygen atoms in total. The first-order chi connectivity index (χ1) is 15.8. The molecule has 1 heterocycles. The number of ketones is 1. The number of ether oxygens (including phenoxy) is 1. The van der Waals surface area contributed by atoms with Crippen molar-refractivity contribution < 1.29 is 19.4 Å². The van der Waals surface area contributed by atoms with E-state index in [2.05, 4.69) is 18.7 Å². The van der Waals surface area contributed by atoms with Crippen molar-refractivity contribution >= 4 is 23.1 Å². The Morgan fingerprint density at radius 2 is 1.73 bits per heavy atom. The molecule has 7 heteroatoms. The number of rotatable bonds is 9. The van der Waals surface area contributed by atoms with Crippen molar-refractivity contribution in [3.63, 3.8) is 0 Å². The number of aliphatic hydroxyl groups excluding tert-OH is 1. The van der Waals surface area contributed by atoms with E-state index in [4.69, 9.17) is 4.74 Å². The van der Waals surface area contributed by atoms with Crippen LogP contribution in [0.1, 0.15) is 31.0 Å². The number of aliphatic hydroxyl groups is 1. The highest BCUT2D eigenvalue weighted by atomic mass is 16.5. The first kappa shape index (κ1) is 24.3. The summed E-state index contributed by atoms with van der Waals surface area (Å²) >= 11 is 0. The Bertz CT molecular complexity index is 1030. The molecule has 0 bridgehead atoms. The minimum absolute atomic E-state index is 0.102. The highest BCUT2D eigenvalue weighted by Crippen LogP contribution is 2.40. The summed E-state index contributed by atoms with van der Waals surface area (Å²) in [5, 5.41) is 11.2. The molecule has 2 aromatic carbocycles. The fraction of sp³-hybridized carbons (Fsp3) is 0.385. The molecule has 0 aromatic heterocycles. The largest absolute Gasteiger partial charge is 0.507 e. The lowest BCUT2D eigenvalue weighted by Gasteiger charge is -2.28. The molecule has 33 heavy (non-hydrogen) atoms. The van der Waals surface area contributed by atoms with Gasteiger partial charge in [0, 0.05) is 38.4 Å². The number of carbonyl (C=O) groups is 2. The molecule has 0 saturated carbocycles. The average molecular weight is 452 g/mol. The first-order valence-electron chi connectivity index (χ1n) is 11.2. The Morgan fingerprint density at radius 3 is 2.30 bits per heavy atom. The number of benzene rings is 2. The summed E-state index contributed by atoms with van der Waals surface area (Å²) in [7, 11) is 5.44. The molecule has 1 amide bonds. The van der Waals surface area contributed by atoms with E-state index in [9.17, 15) is 14.7 Å². The van der Waals surface area contributed by atoms with E-state index in [-0.39, 0.29) is 11.3 Å². The van der Waals surface area contributed by atoms with Crippen LogP contribution in [0.25, 0.3) is 5.76 Å². The summed E-state index contributed by atoms with van der Waals surface area (Å²) < 4.78 is 5.27. The van der Waals surface area contributed by atoms with Crippen LogP contribution >= 0.6 is 0 Å². The van der Waals surface area contributed by atoms with E-state index < -0.39 is 17.7 Å². The molecule has 2 aromatic rings. The number of nitrogens with zero attached hydrogens (tertiary/aromatic N) is 3. The SMILES string of the molecule is CCN(CC)CCN1C(=O)C(=O)C(=C(O)c2cccc(OC)c2)C1c1ccc(N(C)C)cc1. The Hall–Kier alpha value is -3.32. The molecule has 1 aliphatic rings. The Kier molecular flexibility index (Phi) is 7.76. The molecule has 0 spiro atoms. The lowest BCUT2D eigenvalue weighted by atomic mass is 9.95. The molecule has 1 unspecified atom stereocenters. The third-order valence-corrected chi connectivity index (χ3v) is 6.16. The number of likely N-dealkylation sites (N-methyl/N-ethyl adjacent to an activating group) is 1. The second-order valence-corrected chi connectivity index (χ2v) is 8.24. The molecule has 0 radical (unpaired) electrons. The van der Waals surface area contributed by atoms with E-state index in [0.717, 1.165) is 24.3 Å². The van der Waals surface area contributed by atoms with Crippen molar-refractivity contribution in [1.29, 1.82) is 0 Å². The zero-order chi connectivity index (χ0) is 24.1. The van der Waals surface area contributed by atoms with Gasteiger partial charge >= 0.3 is 0 Å². The molecule has 1 aliphatic heterocycles. The molecule has 1 saturated heterocycles. The topological polar surface area (TPSA) is 73.3 Å². The van der Waals surface area contributed by atoms with E-state index in [1.54, 1.807) is 29.2 Å². The number of hydrogen-bond donors (Lipinski definition) is 1. The number of hydrogen-bond acceptors (Lipinski definition) is 6. The van der Waals surface area contributed by atoms with E-state index in [1.807, 2.05) is 43.3 Å². The Balaban J connectivity index is 2.10. The molecule has 176 valence electrons. The van der Waals surface area contributed by atoms with E-state index >= 15 is 0 Å². The van der Waals surface area contributed by atoms with Gasteiger partial charge in [-0.3, -0.25) is 9.59 Å². The van der Waals surface area contributed by atoms with Crippen LogP contribution in [0.4, 0.5) is 5.69 Å². The second-order valence-electron chi connectivity index (χ2n) is 8.24. The molecule has 0 aliphatic carbocycles. The number of carbonyl (C=O) groups excluding carboxylic acids is 2. The van der Waals surface area contributed by atoms with Gasteiger partial charge in [-0.25, -0.2) is 0 Å². The number of amides is 1. The van der Waals surface area contributed by atoms with Crippen molar-refractivity contribution in [1.82, 2.24) is 9.80 Å². The summed E-state index contributed by atoms with van der Waals surface area (Å²) in [5.74, 6) is -0.897. The van der Waals surface area contributed by atoms with Crippen molar-refractivity contribution in [2.75, 3.05) is 52.3 Å². The number of Topliss-reactive ketones (excluding diaryl/α,β-unsaturated/α-hetero) is 1. The minimum atomic E-state index is -0.670. The molecular weight excluding hydrogens is 418 g/mol. The van der Waals surface area contributed by atoms with Gasteiger partial charge in [0.05, 0.1) is 18.7 Å². The normalized spacial score (nSPS) is 17.6. The predicted octanol–water partition coefficient (Wildman–Crippen LogP) is 3.52. The summed E-state index contributed by atoms with van der Waals surface area (Å²) in [6.45, 7) is 6.88. The maximum atomic E-state index is 13.2. The van der Waals surface area contributed by atoms with Gasteiger partial charge in [0.2, 0.25) is 0 Å². The monoisotopic (exact) mass is 451 g/mol. The molecular formula is C26H33N3O4. The predicted molar refractivity (Wildman–Crippen MR) is 131 cm³/mol. The van der Waals surface area contributed by atoms with Crippen molar-refractivity contribution in [2.24, 2.45) is 0 Å². The standard InChI is InChI=1S/C26H33N3O4/c1-6-28(7-2)15-16-29-23(18-11-13-20(14-12-18)27(3)4)22(25(31)26(29)32)24(30)19-9-8-10-21(17-19)33-5/h8-14,17,23,30H,6-7,15-16H2,1-5H3. The van der Waals surface area contributed by atoms with Gasteiger partial charge in [0.15, 0.2) is 0 Å². The van der Waals surface area contributed by atoms with Crippen molar-refractivity contribution in [2.45, 2.75) is 19.9 Å². The van der Waals surface area contributed by atoms with Gasteiger partial charge in [-0.05, 0) is 42.9 Å². The van der Waals surface area contributed by atoms with Crippen LogP contribution in [-0.2, 0) is 9.59 Å². The molecule has 1 N–H and O–H groups in total. The fourth-order valence-electron chi connectivity index (χ4n) is 4.13. The minimum Gasteiger partial charge on any atom is -0.507 e. The second kappa shape index (κ2) is 10.5. The van der Waals surface area contributed by atoms with E-state index in [1.165, 1.54) is 7.11 Å². The highest BCUT2D eigenvalue weighted by Gasteiger charge is 2.46. The van der Waals surface area contributed by atoms with Crippen LogP contribution in [0.5, 0.6) is 5.75 Å². The zero-order valence-corrected chi connectivity index (χ0v) is 20.0. The number of likely N-dealkylation sites (tertiary alicyclic amines) is 1. The van der Waals surface area contributed by atoms with Gasteiger partial charge in [-0.2, -0.15) is 0 Å². The number of methoxy groups -OCH3 is 1. The van der Waals surface area contributed by atoms with Crippen LogP contribution < -0.4 is 9.64 Å². The highest BCUT2D eigenvalue weighted by molar-refractivity contribution is 6.46. The van der Waals surface area contributed by atoms with E-state index in [0.29, 0.717) is 24.4 Å². The molecule has 1 fully saturated rings. The van der Waals surface area contributed by atoms with Gasteiger partial charge in [-0.1, -0.05) is 38.1 Å². The van der Waals surface area contributed by atoms with Crippen LogP contribution in [-0.4, -0.2) is 74.0 Å². The summed E-state index contributed by atoms with van der Waals surface area (Å²) in [6, 6.07) is 13.9. The quantitative estimate of drug-likeness (QED) is 0.357. The molecule has 1 atom stereocenters. The third kappa shape index (κ3) is 5.03. The van der Waals surface area contributed by atoms with Crippen molar-refractivity contribution in [3.8, 4) is 5.75 Å². The molecule has 3 rings (SSSR count). The maximum absolute atomic E-state index is 13.2. The summed E-state index contributed by atoms with van der Waals surface area (Å²) in [4.78, 5) is 32.0. The first-order valence-corrected chi connectivity index (χ1v) is 11.2. The van der Waals surface area contributed by atoms with Gasteiger partial charge in [0.25, 0.3) is 11.7 Å². The average Bonchev–Trinajstić information content (AvgIpc) is 3.09. The lowest BCUT2D eigenvalue weighted by molar-refractivity contribution is -0.140. The van der Waals surface area contributed by atoms with Gasteiger partial charge in [0.1, 0.15) is 11.5 Å². The smallest absolute Gasteiger partial charge is 0.295 e. The lowest BCUT2D eigenvalue weighted by Crippen LogP contribution is -2.38. The van der Waals surface area contributed by atoms with Crippen molar-refractivity contribution in [3.05, 3.63) is 65.2 Å².